The minimum Gasteiger partial charge on any atom is -0.508 e. The first-order valence-electron chi connectivity index (χ1n) is 18.5. The Morgan fingerprint density at radius 2 is 1.57 bits per heavy atom. The molecule has 0 bridgehead atoms. The summed E-state index contributed by atoms with van der Waals surface area (Å²) in [5.74, 6) is -13.1. The first kappa shape index (κ1) is 49.2. The second-order valence-electron chi connectivity index (χ2n) is 13.9. The first-order chi connectivity index (χ1) is 29.6. The van der Waals surface area contributed by atoms with Crippen LogP contribution in [0.2, 0.25) is 0 Å². The number of nitrogens with two attached hydrogens (primary N) is 1. The molecule has 25 heteroatoms. The van der Waals surface area contributed by atoms with E-state index in [1.54, 1.807) is 17.2 Å². The molecule has 1 aliphatic carbocycles. The van der Waals surface area contributed by atoms with Crippen LogP contribution in [0.3, 0.4) is 0 Å². The number of hydrogen-bond acceptors (Lipinski definition) is 15. The van der Waals surface area contributed by atoms with E-state index in [0.29, 0.717) is 11.1 Å². The summed E-state index contributed by atoms with van der Waals surface area (Å²) in [7, 11) is -5.25. The molecule has 1 aliphatic heterocycles. The number of imide groups is 1. The van der Waals surface area contributed by atoms with Gasteiger partial charge in [0.05, 0.1) is 17.9 Å². The minimum absolute atomic E-state index is 0.0637. The second-order valence-corrected chi connectivity index (χ2v) is 16.5. The number of rotatable bonds is 23. The molecule has 11 N–H and O–H groups in total. The average Bonchev–Trinajstić information content (AvgIpc) is 3.20. The molecule has 3 unspecified atom stereocenters. The van der Waals surface area contributed by atoms with Crippen LogP contribution >= 0.6 is 19.5 Å². The third kappa shape index (κ3) is 13.5. The highest BCUT2D eigenvalue weighted by Crippen LogP contribution is 2.49. The van der Waals surface area contributed by atoms with Gasteiger partial charge >= 0.3 is 37.6 Å². The maximum Gasteiger partial charge on any atom is 0.403 e. The number of allylic oxidation sites excluding steroid dienone is 3. The van der Waals surface area contributed by atoms with Crippen molar-refractivity contribution < 1.29 is 92.5 Å². The van der Waals surface area contributed by atoms with Crippen molar-refractivity contribution in [3.63, 3.8) is 0 Å². The van der Waals surface area contributed by atoms with Gasteiger partial charge in [-0.05, 0) is 42.7 Å². The molecule has 2 aromatic rings. The molecule has 6 atom stereocenters. The number of ether oxygens (including phenoxy) is 1. The fourth-order valence-electron chi connectivity index (χ4n) is 6.42. The fraction of sp³-hybridized carbons (Fsp3) is 0.342. The number of aliphatic carboxylic acids is 4. The van der Waals surface area contributed by atoms with Crippen molar-refractivity contribution in [2.24, 2.45) is 11.7 Å². The molecule has 2 aromatic carbocycles. The monoisotopic (exact) mass is 920 g/mol. The summed E-state index contributed by atoms with van der Waals surface area (Å²) in [6, 6.07) is 2.54. The summed E-state index contributed by atoms with van der Waals surface area (Å²) in [5.41, 5.74) is 6.12. The van der Waals surface area contributed by atoms with Crippen molar-refractivity contribution in [1.29, 1.82) is 0 Å². The predicted octanol–water partition coefficient (Wildman–Crippen LogP) is 1.34. The van der Waals surface area contributed by atoms with Crippen LogP contribution in [-0.4, -0.2) is 130 Å². The number of phenols is 1. The van der Waals surface area contributed by atoms with Gasteiger partial charge in [-0.25, -0.2) is 19.2 Å². The van der Waals surface area contributed by atoms with Gasteiger partial charge in [-0.15, -0.1) is 0 Å². The van der Waals surface area contributed by atoms with Gasteiger partial charge in [0, 0.05) is 60.2 Å². The van der Waals surface area contributed by atoms with Crippen LogP contribution in [0.5, 0.6) is 11.5 Å². The van der Waals surface area contributed by atoms with Gasteiger partial charge in [-0.1, -0.05) is 18.2 Å². The van der Waals surface area contributed by atoms with E-state index in [1.807, 2.05) is 0 Å². The number of anilines is 1. The molecule has 63 heavy (non-hydrogen) atoms. The van der Waals surface area contributed by atoms with Crippen LogP contribution in [0.1, 0.15) is 59.5 Å². The van der Waals surface area contributed by atoms with Crippen LogP contribution in [0.4, 0.5) is 5.69 Å². The standard InChI is InChI=1S/C38H41N4O19PS/c39-25(36(52)53)7-9-31(46)42(27(38(56)57)16-60-62(58,59)41-26(37(54)55)8-10-33(48)49)32(47)11-12-63-17-30(45)40-18-1-4-21(24(13-18)35(50)51)34-22-5-2-19(43)14-28(22)61-29-15-20(44)3-6-23(29)34/h1-6,13-15,22,25-27,34,44H,7-12,16-17,39H2,(H,40,45)(H,48,49)(H,50,51)(H,52,53)(H,54,55)(H,56,57)(H2,41,58,59)/t22?,25-,26-,27-,34?/m0/s1. The molecular formula is C38H41N4O19PS. The number of fused-ring (bicyclic) bond motifs is 2. The SMILES string of the molecule is N[C@@H](CCC(=O)N(C(=O)CCSCC(=O)Nc1ccc(C2c3ccc(O)cc3OC3=CC(=O)C=CC32)c(C(=O)O)c1)[C@@H](COP(=O)(O)N[C@@H](CCC(=O)O)C(=O)O)C(=O)O)C(=O)O. The van der Waals surface area contributed by atoms with Crippen LogP contribution < -0.4 is 20.9 Å². The Bertz CT molecular complexity index is 2300. The highest BCUT2D eigenvalue weighted by molar-refractivity contribution is 7.99. The quantitative estimate of drug-likeness (QED) is 0.0555. The third-order valence-corrected chi connectivity index (χ3v) is 11.5. The minimum atomic E-state index is -5.25. The molecule has 0 aromatic heterocycles. The zero-order valence-corrected chi connectivity index (χ0v) is 34.4. The summed E-state index contributed by atoms with van der Waals surface area (Å²) in [4.78, 5) is 121. The lowest BCUT2D eigenvalue weighted by atomic mass is 9.74. The van der Waals surface area contributed by atoms with Crippen LogP contribution in [-0.2, 0) is 47.4 Å². The number of carboxylic acid groups (broad SMARTS) is 5. The highest BCUT2D eigenvalue weighted by atomic mass is 32.2. The number of hydrogen-bond donors (Lipinski definition) is 10. The molecule has 0 radical (unpaired) electrons. The molecule has 4 rings (SSSR count). The molecule has 0 saturated heterocycles. The number of aromatic hydroxyl groups is 1. The van der Waals surface area contributed by atoms with E-state index in [2.05, 4.69) is 5.32 Å². The number of phenolic OH excluding ortho intramolecular Hbond substituents is 1. The van der Waals surface area contributed by atoms with E-state index in [1.165, 1.54) is 42.5 Å². The maximum atomic E-state index is 13.4. The molecule has 3 amide bonds. The lowest BCUT2D eigenvalue weighted by molar-refractivity contribution is -0.159. The summed E-state index contributed by atoms with van der Waals surface area (Å²) in [6.45, 7) is -1.39. The summed E-state index contributed by atoms with van der Waals surface area (Å²) >= 11 is 0.825. The zero-order valence-electron chi connectivity index (χ0n) is 32.6. The second kappa shape index (κ2) is 21.6. The Balaban J connectivity index is 1.45. The van der Waals surface area contributed by atoms with Crippen molar-refractivity contribution in [3.05, 3.63) is 77.1 Å². The third-order valence-electron chi connectivity index (χ3n) is 9.39. The lowest BCUT2D eigenvalue weighted by Gasteiger charge is -2.35. The first-order valence-corrected chi connectivity index (χ1v) is 21.3. The molecular weight excluding hydrogens is 879 g/mol. The smallest absolute Gasteiger partial charge is 0.403 e. The number of thioether (sulfide) groups is 1. The molecule has 2 aliphatic rings. The number of carbonyl (C=O) groups excluding carboxylic acids is 4. The number of carbonyl (C=O) groups is 9. The summed E-state index contributed by atoms with van der Waals surface area (Å²) < 4.78 is 23.3. The van der Waals surface area contributed by atoms with Crippen LogP contribution in [0, 0.1) is 5.92 Å². The molecule has 1 heterocycles. The van der Waals surface area contributed by atoms with Crippen molar-refractivity contribution in [1.82, 2.24) is 9.99 Å². The van der Waals surface area contributed by atoms with E-state index in [-0.39, 0.29) is 50.7 Å². The zero-order chi connectivity index (χ0) is 46.8. The van der Waals surface area contributed by atoms with E-state index in [9.17, 15) is 73.0 Å². The summed E-state index contributed by atoms with van der Waals surface area (Å²) in [5, 5.41) is 61.7. The van der Waals surface area contributed by atoms with Crippen LogP contribution in [0.25, 0.3) is 0 Å². The van der Waals surface area contributed by atoms with Gasteiger partial charge in [0.25, 0.3) is 0 Å². The van der Waals surface area contributed by atoms with Gasteiger partial charge in [-0.2, -0.15) is 11.8 Å². The molecule has 0 fully saturated rings. The Morgan fingerprint density at radius 1 is 0.889 bits per heavy atom. The number of ketones is 1. The molecule has 0 spiro atoms. The Morgan fingerprint density at radius 3 is 2.21 bits per heavy atom. The lowest BCUT2D eigenvalue weighted by Crippen LogP contribution is -2.51. The number of amides is 3. The van der Waals surface area contributed by atoms with Gasteiger partial charge in [0.15, 0.2) is 11.8 Å². The average molecular weight is 921 g/mol. The Kier molecular flexibility index (Phi) is 16.9. The van der Waals surface area contributed by atoms with Gasteiger partial charge in [-0.3, -0.25) is 43.0 Å². The van der Waals surface area contributed by atoms with Crippen molar-refractivity contribution >= 4 is 78.5 Å². The largest absolute Gasteiger partial charge is 0.508 e. The topological polar surface area (TPSA) is 384 Å². The van der Waals surface area contributed by atoms with Crippen LogP contribution in [0.15, 0.2) is 60.4 Å². The molecule has 0 saturated carbocycles. The van der Waals surface area contributed by atoms with Crippen molar-refractivity contribution in [2.45, 2.75) is 56.1 Å². The Labute approximate surface area is 360 Å². The number of aromatic carboxylic acids is 1. The van der Waals surface area contributed by atoms with E-state index >= 15 is 0 Å². The van der Waals surface area contributed by atoms with Crippen molar-refractivity contribution in [2.75, 3.05) is 23.4 Å². The van der Waals surface area contributed by atoms with Crippen molar-refractivity contribution in [3.8, 4) is 11.5 Å². The molecule has 338 valence electrons. The van der Waals surface area contributed by atoms with E-state index < -0.39 is 124 Å². The van der Waals surface area contributed by atoms with E-state index in [0.717, 1.165) is 11.8 Å². The number of benzene rings is 2. The van der Waals surface area contributed by atoms with Gasteiger partial charge in [0.2, 0.25) is 17.7 Å². The Hall–Kier alpha value is -6.43. The highest BCUT2D eigenvalue weighted by Gasteiger charge is 2.40. The van der Waals surface area contributed by atoms with Gasteiger partial charge < -0.3 is 51.3 Å². The molecule has 23 nitrogen and oxygen atoms in total. The number of nitrogens with zero attached hydrogens (tertiary/aromatic N) is 1. The normalized spacial score (nSPS) is 17.6. The fourth-order valence-corrected chi connectivity index (χ4v) is 8.19. The predicted molar refractivity (Wildman–Crippen MR) is 216 cm³/mol. The summed E-state index contributed by atoms with van der Waals surface area (Å²) in [6.07, 6.45) is 0.731. The maximum absolute atomic E-state index is 13.4. The number of carboxylic acids is 5. The van der Waals surface area contributed by atoms with Gasteiger partial charge in [0.1, 0.15) is 29.3 Å². The van der Waals surface area contributed by atoms with E-state index in [4.69, 9.17) is 25.2 Å². The number of nitrogens with one attached hydrogen (secondary N) is 2.